The van der Waals surface area contributed by atoms with Crippen LogP contribution >= 0.6 is 0 Å². The van der Waals surface area contributed by atoms with Crippen LogP contribution < -0.4 is 10.6 Å². The van der Waals surface area contributed by atoms with Gasteiger partial charge in [-0.25, -0.2) is 4.79 Å². The van der Waals surface area contributed by atoms with E-state index in [0.717, 1.165) is 25.9 Å². The standard InChI is InChI=1S/C15H23N3O3/c1-15(2,14(20)21-3)17-13(19)12-5-4-10-18(12)11-6-8-16-9-7-11/h4-5,10-11,16H,6-9H2,1-3H3,(H,17,19). The molecule has 1 aromatic heterocycles. The van der Waals surface area contributed by atoms with E-state index >= 15 is 0 Å². The van der Waals surface area contributed by atoms with E-state index in [9.17, 15) is 9.59 Å². The minimum absolute atomic E-state index is 0.256. The van der Waals surface area contributed by atoms with Crippen LogP contribution in [-0.2, 0) is 9.53 Å². The third-order valence-corrected chi connectivity index (χ3v) is 3.84. The van der Waals surface area contributed by atoms with Gasteiger partial charge in [-0.2, -0.15) is 0 Å². The van der Waals surface area contributed by atoms with Gasteiger partial charge in [0, 0.05) is 12.2 Å². The largest absolute Gasteiger partial charge is 0.467 e. The predicted octanol–water partition coefficient (Wildman–Crippen LogP) is 1.09. The summed E-state index contributed by atoms with van der Waals surface area (Å²) in [6, 6.07) is 3.97. The number of esters is 1. The van der Waals surface area contributed by atoms with Crippen LogP contribution in [0.25, 0.3) is 0 Å². The van der Waals surface area contributed by atoms with E-state index in [2.05, 4.69) is 10.6 Å². The lowest BCUT2D eigenvalue weighted by molar-refractivity contribution is -0.146. The molecule has 1 aliphatic rings. The third-order valence-electron chi connectivity index (χ3n) is 3.84. The van der Waals surface area contributed by atoms with Gasteiger partial charge in [-0.05, 0) is 51.9 Å². The molecule has 0 atom stereocenters. The van der Waals surface area contributed by atoms with E-state index in [1.54, 1.807) is 19.9 Å². The molecule has 0 radical (unpaired) electrons. The molecule has 0 spiro atoms. The van der Waals surface area contributed by atoms with Crippen LogP contribution in [-0.4, -0.2) is 42.2 Å². The highest BCUT2D eigenvalue weighted by molar-refractivity contribution is 5.96. The normalized spacial score (nSPS) is 16.5. The van der Waals surface area contributed by atoms with Crippen LogP contribution in [0.3, 0.4) is 0 Å². The molecule has 0 aliphatic carbocycles. The first-order chi connectivity index (χ1) is 9.95. The Hall–Kier alpha value is -1.82. The van der Waals surface area contributed by atoms with Crippen molar-refractivity contribution in [1.29, 1.82) is 0 Å². The number of carbonyl (C=O) groups excluding carboxylic acids is 2. The van der Waals surface area contributed by atoms with Crippen molar-refractivity contribution < 1.29 is 14.3 Å². The maximum absolute atomic E-state index is 12.4. The SMILES string of the molecule is COC(=O)C(C)(C)NC(=O)c1cccn1C1CCNCC1. The molecule has 1 amide bonds. The van der Waals surface area contributed by atoms with E-state index in [1.807, 2.05) is 16.8 Å². The first-order valence-electron chi connectivity index (χ1n) is 7.24. The first-order valence-corrected chi connectivity index (χ1v) is 7.24. The molecule has 2 rings (SSSR count). The Bertz CT molecular complexity index is 516. The number of rotatable bonds is 4. The highest BCUT2D eigenvalue weighted by Gasteiger charge is 2.32. The van der Waals surface area contributed by atoms with Crippen LogP contribution in [0.5, 0.6) is 0 Å². The molecule has 6 heteroatoms. The molecule has 1 aromatic rings. The summed E-state index contributed by atoms with van der Waals surface area (Å²) in [5.74, 6) is -0.718. The number of hydrogen-bond donors (Lipinski definition) is 2. The lowest BCUT2D eigenvalue weighted by Gasteiger charge is -2.27. The summed E-state index contributed by atoms with van der Waals surface area (Å²) in [7, 11) is 1.31. The average Bonchev–Trinajstić information content (AvgIpc) is 2.96. The topological polar surface area (TPSA) is 72.4 Å². The fourth-order valence-corrected chi connectivity index (χ4v) is 2.64. The molecule has 1 fully saturated rings. The average molecular weight is 293 g/mol. The molecule has 0 saturated carbocycles. The second-order valence-corrected chi connectivity index (χ2v) is 5.85. The van der Waals surface area contributed by atoms with E-state index in [1.165, 1.54) is 7.11 Å². The van der Waals surface area contributed by atoms with Crippen LogP contribution in [0.2, 0.25) is 0 Å². The maximum atomic E-state index is 12.4. The van der Waals surface area contributed by atoms with Gasteiger partial charge in [-0.1, -0.05) is 0 Å². The summed E-state index contributed by atoms with van der Waals surface area (Å²) < 4.78 is 6.71. The number of piperidine rings is 1. The number of hydrogen-bond acceptors (Lipinski definition) is 4. The van der Waals surface area contributed by atoms with Crippen LogP contribution in [0, 0.1) is 0 Å². The number of nitrogens with zero attached hydrogens (tertiary/aromatic N) is 1. The zero-order valence-corrected chi connectivity index (χ0v) is 12.8. The zero-order chi connectivity index (χ0) is 15.5. The minimum atomic E-state index is -1.05. The molecule has 0 aromatic carbocycles. The summed E-state index contributed by atoms with van der Waals surface area (Å²) in [6.45, 7) is 5.18. The summed E-state index contributed by atoms with van der Waals surface area (Å²) in [4.78, 5) is 24.1. The second kappa shape index (κ2) is 6.30. The number of carbonyl (C=O) groups is 2. The Labute approximate surface area is 124 Å². The smallest absolute Gasteiger partial charge is 0.330 e. The van der Waals surface area contributed by atoms with E-state index < -0.39 is 11.5 Å². The van der Waals surface area contributed by atoms with Crippen LogP contribution in [0.4, 0.5) is 0 Å². The summed E-state index contributed by atoms with van der Waals surface area (Å²) in [5.41, 5.74) is -0.464. The monoisotopic (exact) mass is 293 g/mol. The number of methoxy groups -OCH3 is 1. The Morgan fingerprint density at radius 2 is 2.05 bits per heavy atom. The van der Waals surface area contributed by atoms with Gasteiger partial charge in [-0.15, -0.1) is 0 Å². The number of nitrogens with one attached hydrogen (secondary N) is 2. The van der Waals surface area contributed by atoms with Gasteiger partial charge in [0.15, 0.2) is 0 Å². The van der Waals surface area contributed by atoms with Crippen LogP contribution in [0.15, 0.2) is 18.3 Å². The van der Waals surface area contributed by atoms with Crippen molar-refractivity contribution in [3.05, 3.63) is 24.0 Å². The Balaban J connectivity index is 2.13. The lowest BCUT2D eigenvalue weighted by Crippen LogP contribution is -2.50. The van der Waals surface area contributed by atoms with E-state index in [-0.39, 0.29) is 5.91 Å². The highest BCUT2D eigenvalue weighted by Crippen LogP contribution is 2.21. The van der Waals surface area contributed by atoms with Gasteiger partial charge >= 0.3 is 5.97 Å². The van der Waals surface area contributed by atoms with Crippen molar-refractivity contribution in [3.63, 3.8) is 0 Å². The van der Waals surface area contributed by atoms with Crippen molar-refractivity contribution in [1.82, 2.24) is 15.2 Å². The Morgan fingerprint density at radius 3 is 2.67 bits per heavy atom. The van der Waals surface area contributed by atoms with Crippen molar-refractivity contribution in [2.45, 2.75) is 38.3 Å². The van der Waals surface area contributed by atoms with Crippen molar-refractivity contribution in [2.24, 2.45) is 0 Å². The molecule has 6 nitrogen and oxygen atoms in total. The fraction of sp³-hybridized carbons (Fsp3) is 0.600. The molecule has 1 saturated heterocycles. The van der Waals surface area contributed by atoms with Crippen molar-refractivity contribution in [3.8, 4) is 0 Å². The molecule has 0 bridgehead atoms. The van der Waals surface area contributed by atoms with E-state index in [0.29, 0.717) is 11.7 Å². The van der Waals surface area contributed by atoms with Gasteiger partial charge < -0.3 is 19.9 Å². The van der Waals surface area contributed by atoms with Gasteiger partial charge in [-0.3, -0.25) is 4.79 Å². The summed E-state index contributed by atoms with van der Waals surface area (Å²) in [5, 5.41) is 6.05. The molecule has 2 heterocycles. The summed E-state index contributed by atoms with van der Waals surface area (Å²) >= 11 is 0. The molecular weight excluding hydrogens is 270 g/mol. The quantitative estimate of drug-likeness (QED) is 0.815. The second-order valence-electron chi connectivity index (χ2n) is 5.85. The predicted molar refractivity (Wildman–Crippen MR) is 79.1 cm³/mol. The lowest BCUT2D eigenvalue weighted by atomic mass is 10.0. The van der Waals surface area contributed by atoms with Gasteiger partial charge in [0.05, 0.1) is 7.11 Å². The maximum Gasteiger partial charge on any atom is 0.330 e. The highest BCUT2D eigenvalue weighted by atomic mass is 16.5. The zero-order valence-electron chi connectivity index (χ0n) is 12.8. The van der Waals surface area contributed by atoms with Gasteiger partial charge in [0.1, 0.15) is 11.2 Å². The first kappa shape index (κ1) is 15.6. The van der Waals surface area contributed by atoms with Crippen molar-refractivity contribution in [2.75, 3.05) is 20.2 Å². The molecule has 2 N–H and O–H groups in total. The number of aromatic nitrogens is 1. The van der Waals surface area contributed by atoms with Crippen LogP contribution in [0.1, 0.15) is 43.2 Å². The fourth-order valence-electron chi connectivity index (χ4n) is 2.64. The van der Waals surface area contributed by atoms with E-state index in [4.69, 9.17) is 4.74 Å². The third kappa shape index (κ3) is 3.44. The molecule has 116 valence electrons. The summed E-state index contributed by atoms with van der Waals surface area (Å²) in [6.07, 6.45) is 3.92. The molecule has 1 aliphatic heterocycles. The molecule has 0 unspecified atom stereocenters. The van der Waals surface area contributed by atoms with Gasteiger partial charge in [0.2, 0.25) is 0 Å². The van der Waals surface area contributed by atoms with Crippen molar-refractivity contribution >= 4 is 11.9 Å². The minimum Gasteiger partial charge on any atom is -0.467 e. The molecule has 21 heavy (non-hydrogen) atoms. The molecular formula is C15H23N3O3. The number of amides is 1. The Kier molecular flexibility index (Phi) is 4.67. The Morgan fingerprint density at radius 1 is 1.38 bits per heavy atom. The van der Waals surface area contributed by atoms with Gasteiger partial charge in [0.25, 0.3) is 5.91 Å². The number of ether oxygens (including phenoxy) is 1.